The van der Waals surface area contributed by atoms with E-state index >= 15 is 0 Å². The van der Waals surface area contributed by atoms with Crippen molar-refractivity contribution < 1.29 is 4.39 Å². The van der Waals surface area contributed by atoms with E-state index in [1.54, 1.807) is 6.07 Å². The number of nitrogens with zero attached hydrogens (tertiary/aromatic N) is 1. The van der Waals surface area contributed by atoms with Crippen LogP contribution >= 0.6 is 23.8 Å². The van der Waals surface area contributed by atoms with Crippen LogP contribution in [-0.2, 0) is 12.0 Å². The van der Waals surface area contributed by atoms with Crippen molar-refractivity contribution in [2.45, 2.75) is 31.2 Å². The highest BCUT2D eigenvalue weighted by atomic mass is 35.5. The van der Waals surface area contributed by atoms with E-state index in [0.29, 0.717) is 10.9 Å². The zero-order chi connectivity index (χ0) is 13.4. The monoisotopic (exact) mass is 294 g/mol. The summed E-state index contributed by atoms with van der Waals surface area (Å²) in [5.74, 6) is 0.180. The quantitative estimate of drug-likeness (QED) is 0.786. The number of imidazole rings is 1. The number of H-pyrrole nitrogens is 1. The van der Waals surface area contributed by atoms with E-state index in [1.807, 2.05) is 6.07 Å². The molecule has 0 amide bonds. The molecule has 19 heavy (non-hydrogen) atoms. The Morgan fingerprint density at radius 2 is 2.26 bits per heavy atom. The van der Waals surface area contributed by atoms with Crippen molar-refractivity contribution >= 4 is 23.8 Å². The van der Waals surface area contributed by atoms with Crippen molar-refractivity contribution in [1.29, 1.82) is 0 Å². The Kier molecular flexibility index (Phi) is 2.15. The summed E-state index contributed by atoms with van der Waals surface area (Å²) >= 11 is 11.3. The average Bonchev–Trinajstić information content (AvgIpc) is 2.83. The second-order valence-corrected chi connectivity index (χ2v) is 6.42. The van der Waals surface area contributed by atoms with Gasteiger partial charge in [0.25, 0.3) is 0 Å². The lowest BCUT2D eigenvalue weighted by atomic mass is 9.94. The first-order valence-corrected chi connectivity index (χ1v) is 7.06. The van der Waals surface area contributed by atoms with E-state index in [9.17, 15) is 4.39 Å². The summed E-state index contributed by atoms with van der Waals surface area (Å²) in [6, 6.07) is 4.85. The molecule has 1 aromatic carbocycles. The van der Waals surface area contributed by atoms with Crippen LogP contribution in [0.5, 0.6) is 0 Å². The zero-order valence-electron chi connectivity index (χ0n) is 10.3. The van der Waals surface area contributed by atoms with E-state index in [2.05, 4.69) is 16.5 Å². The second-order valence-electron chi connectivity index (χ2n) is 5.60. The van der Waals surface area contributed by atoms with Gasteiger partial charge >= 0.3 is 0 Å². The number of rotatable bonds is 1. The third kappa shape index (κ3) is 1.44. The Morgan fingerprint density at radius 1 is 1.47 bits per heavy atom. The van der Waals surface area contributed by atoms with Crippen molar-refractivity contribution in [2.24, 2.45) is 0 Å². The Morgan fingerprint density at radius 3 is 2.95 bits per heavy atom. The van der Waals surface area contributed by atoms with Gasteiger partial charge in [-0.2, -0.15) is 0 Å². The van der Waals surface area contributed by atoms with Crippen molar-refractivity contribution in [3.63, 3.8) is 0 Å². The maximum absolute atomic E-state index is 13.6. The van der Waals surface area contributed by atoms with Crippen LogP contribution in [0.4, 0.5) is 4.39 Å². The van der Waals surface area contributed by atoms with Crippen LogP contribution < -0.4 is 0 Å². The molecule has 1 N–H and O–H groups in total. The maximum atomic E-state index is 13.6. The SMILES string of the molecule is Cc1[nH]c(=S)n2c1[C@@H]1C[C@]1(c1cc(F)cc(Cl)c1)C2. The maximum Gasteiger partial charge on any atom is 0.177 e. The molecular weight excluding hydrogens is 283 g/mol. The summed E-state index contributed by atoms with van der Waals surface area (Å²) in [7, 11) is 0. The number of fused-ring (bicyclic) bond motifs is 3. The molecule has 2 atom stereocenters. The summed E-state index contributed by atoms with van der Waals surface area (Å²) in [4.78, 5) is 3.20. The first kappa shape index (κ1) is 11.7. The highest BCUT2D eigenvalue weighted by molar-refractivity contribution is 7.71. The molecule has 0 unspecified atom stereocenters. The van der Waals surface area contributed by atoms with Crippen molar-refractivity contribution in [3.8, 4) is 0 Å². The minimum atomic E-state index is -0.263. The molecule has 98 valence electrons. The molecule has 0 spiro atoms. The van der Waals surface area contributed by atoms with E-state index in [-0.39, 0.29) is 11.2 Å². The van der Waals surface area contributed by atoms with Gasteiger partial charge in [-0.3, -0.25) is 0 Å². The predicted molar refractivity (Wildman–Crippen MR) is 74.8 cm³/mol. The normalized spacial score (nSPS) is 27.2. The molecule has 0 saturated heterocycles. The van der Waals surface area contributed by atoms with Gasteiger partial charge in [0.15, 0.2) is 4.77 Å². The van der Waals surface area contributed by atoms with Crippen LogP contribution in [0.2, 0.25) is 5.02 Å². The number of halogens is 2. The molecule has 1 saturated carbocycles. The Labute approximate surface area is 120 Å². The van der Waals surface area contributed by atoms with Gasteiger partial charge in [0.05, 0.1) is 0 Å². The highest BCUT2D eigenvalue weighted by Gasteiger charge is 2.62. The Balaban J connectivity index is 1.85. The number of hydrogen-bond donors (Lipinski definition) is 1. The standard InChI is InChI=1S/C14H12ClFN2S/c1-7-12-11-5-14(11,6-18(12)13(19)17-7)8-2-9(15)4-10(16)3-8/h2-4,11H,5-6H2,1H3,(H,17,19)/t11-,14+/m0/s1. The summed E-state index contributed by atoms with van der Waals surface area (Å²) < 4.78 is 16.5. The largest absolute Gasteiger partial charge is 0.335 e. The predicted octanol–water partition coefficient (Wildman–Crippen LogP) is 4.09. The number of hydrogen-bond acceptors (Lipinski definition) is 1. The number of aryl methyl sites for hydroxylation is 1. The number of aromatic nitrogens is 2. The molecule has 1 aliphatic carbocycles. The molecule has 0 radical (unpaired) electrons. The lowest BCUT2D eigenvalue weighted by Crippen LogP contribution is -2.12. The van der Waals surface area contributed by atoms with E-state index in [0.717, 1.165) is 29.0 Å². The first-order valence-electron chi connectivity index (χ1n) is 6.27. The van der Waals surface area contributed by atoms with Crippen LogP contribution in [0, 0.1) is 17.5 Å². The molecule has 1 fully saturated rings. The lowest BCUT2D eigenvalue weighted by molar-refractivity contribution is 0.570. The fourth-order valence-corrected chi connectivity index (χ4v) is 4.12. The van der Waals surface area contributed by atoms with Crippen molar-refractivity contribution in [2.75, 3.05) is 0 Å². The number of benzene rings is 1. The topological polar surface area (TPSA) is 20.7 Å². The fraction of sp³-hybridized carbons (Fsp3) is 0.357. The van der Waals surface area contributed by atoms with E-state index in [1.165, 1.54) is 11.8 Å². The fourth-order valence-electron chi connectivity index (χ4n) is 3.58. The van der Waals surface area contributed by atoms with Crippen molar-refractivity contribution in [1.82, 2.24) is 9.55 Å². The van der Waals surface area contributed by atoms with Gasteiger partial charge in [-0.25, -0.2) is 4.39 Å². The summed E-state index contributed by atoms with van der Waals surface area (Å²) in [6.45, 7) is 2.88. The van der Waals surface area contributed by atoms with Crippen LogP contribution in [-0.4, -0.2) is 9.55 Å². The molecule has 4 rings (SSSR count). The van der Waals surface area contributed by atoms with Gasteiger partial charge in [0.2, 0.25) is 0 Å². The highest BCUT2D eigenvalue weighted by Crippen LogP contribution is 2.66. The van der Waals surface area contributed by atoms with E-state index in [4.69, 9.17) is 23.8 Å². The minimum Gasteiger partial charge on any atom is -0.335 e. The van der Waals surface area contributed by atoms with Gasteiger partial charge in [0.1, 0.15) is 5.82 Å². The van der Waals surface area contributed by atoms with Gasteiger partial charge in [-0.15, -0.1) is 0 Å². The summed E-state index contributed by atoms with van der Waals surface area (Å²) in [6.07, 6.45) is 1.06. The first-order chi connectivity index (χ1) is 9.01. The third-order valence-electron chi connectivity index (χ3n) is 4.50. The second kappa shape index (κ2) is 3.49. The Hall–Kier alpha value is -1.13. The minimum absolute atomic E-state index is 0.00843. The molecule has 2 aromatic rings. The van der Waals surface area contributed by atoms with Crippen LogP contribution in [0.3, 0.4) is 0 Å². The molecule has 1 aliphatic heterocycles. The molecule has 1 aromatic heterocycles. The van der Waals surface area contributed by atoms with Gasteiger partial charge in [-0.1, -0.05) is 11.6 Å². The van der Waals surface area contributed by atoms with Crippen LogP contribution in [0.1, 0.15) is 29.3 Å². The third-order valence-corrected chi connectivity index (χ3v) is 5.04. The number of nitrogens with one attached hydrogen (secondary N) is 1. The molecule has 2 heterocycles. The Bertz CT molecular complexity index is 743. The van der Waals surface area contributed by atoms with Gasteiger partial charge < -0.3 is 9.55 Å². The number of aromatic amines is 1. The molecule has 2 nitrogen and oxygen atoms in total. The summed E-state index contributed by atoms with van der Waals surface area (Å²) in [5.41, 5.74) is 3.43. The molecule has 2 aliphatic rings. The van der Waals surface area contributed by atoms with Crippen LogP contribution in [0.25, 0.3) is 0 Å². The van der Waals surface area contributed by atoms with Crippen LogP contribution in [0.15, 0.2) is 18.2 Å². The lowest BCUT2D eigenvalue weighted by Gasteiger charge is -2.13. The smallest absolute Gasteiger partial charge is 0.177 e. The average molecular weight is 295 g/mol. The molecular formula is C14H12ClFN2S. The summed E-state index contributed by atoms with van der Waals surface area (Å²) in [5, 5.41) is 0.466. The zero-order valence-corrected chi connectivity index (χ0v) is 11.9. The van der Waals surface area contributed by atoms with Crippen molar-refractivity contribution in [3.05, 3.63) is 50.8 Å². The van der Waals surface area contributed by atoms with E-state index < -0.39 is 0 Å². The van der Waals surface area contributed by atoms with Gasteiger partial charge in [-0.05, 0) is 49.3 Å². The molecule has 0 bridgehead atoms. The molecule has 5 heteroatoms. The van der Waals surface area contributed by atoms with Gasteiger partial charge in [0, 0.05) is 34.3 Å².